The molecule has 1 aliphatic heterocycles. The number of methoxy groups -OCH3 is 1. The molecule has 1 saturated carbocycles. The molecule has 0 spiro atoms. The number of ether oxygens (including phenoxy) is 1. The molecular weight excluding hydrogens is 354 g/mol. The van der Waals surface area contributed by atoms with Crippen molar-refractivity contribution in [2.75, 3.05) is 46.9 Å². The van der Waals surface area contributed by atoms with Gasteiger partial charge in [0.2, 0.25) is 5.91 Å². The fourth-order valence-electron chi connectivity index (χ4n) is 4.45. The quantitative estimate of drug-likeness (QED) is 0.753. The molecule has 2 amide bonds. The highest BCUT2D eigenvalue weighted by Gasteiger charge is 2.38. The van der Waals surface area contributed by atoms with Crippen LogP contribution in [0, 0.1) is 5.92 Å². The van der Waals surface area contributed by atoms with Crippen molar-refractivity contribution < 1.29 is 14.3 Å². The summed E-state index contributed by atoms with van der Waals surface area (Å²) in [5.74, 6) is 1.41. The zero-order valence-electron chi connectivity index (χ0n) is 17.4. The number of carbonyl (C=O) groups excluding carboxylic acids is 2. The van der Waals surface area contributed by atoms with E-state index in [4.69, 9.17) is 4.74 Å². The van der Waals surface area contributed by atoms with E-state index in [1.54, 1.807) is 13.2 Å². The summed E-state index contributed by atoms with van der Waals surface area (Å²) in [4.78, 5) is 32.0. The predicted molar refractivity (Wildman–Crippen MR) is 110 cm³/mol. The fraction of sp³-hybridized carbons (Fsp3) is 0.636. The summed E-state index contributed by atoms with van der Waals surface area (Å²) in [7, 11) is 3.50. The van der Waals surface area contributed by atoms with Crippen LogP contribution < -0.4 is 4.74 Å². The van der Waals surface area contributed by atoms with Crippen LogP contribution in [0.25, 0.3) is 0 Å². The minimum absolute atomic E-state index is 0.0352. The monoisotopic (exact) mass is 387 g/mol. The molecule has 154 valence electrons. The molecule has 1 heterocycles. The third kappa shape index (κ3) is 4.49. The highest BCUT2D eigenvalue weighted by Crippen LogP contribution is 2.32. The van der Waals surface area contributed by atoms with Crippen LogP contribution in [0.15, 0.2) is 24.3 Å². The molecule has 1 atom stereocenters. The first-order valence-corrected chi connectivity index (χ1v) is 10.5. The molecule has 2 aliphatic rings. The highest BCUT2D eigenvalue weighted by molar-refractivity contribution is 5.94. The van der Waals surface area contributed by atoms with Crippen molar-refractivity contribution in [3.05, 3.63) is 29.8 Å². The Morgan fingerprint density at radius 1 is 1.18 bits per heavy atom. The molecule has 0 unspecified atom stereocenters. The van der Waals surface area contributed by atoms with Crippen molar-refractivity contribution >= 4 is 11.8 Å². The Balaban J connectivity index is 1.66. The Labute approximate surface area is 168 Å². The van der Waals surface area contributed by atoms with Gasteiger partial charge in [-0.1, -0.05) is 18.9 Å². The SMILES string of the molecule is CCN(C)C(=O)[C@H](C1CCCC1)N1CCN(C(=O)c2cccc(OC)c2)CC1. The summed E-state index contributed by atoms with van der Waals surface area (Å²) in [6.07, 6.45) is 4.71. The normalized spacial score (nSPS) is 19.5. The van der Waals surface area contributed by atoms with Crippen LogP contribution in [0.3, 0.4) is 0 Å². The number of hydrogen-bond donors (Lipinski definition) is 0. The average molecular weight is 388 g/mol. The van der Waals surface area contributed by atoms with Crippen LogP contribution in [0.2, 0.25) is 0 Å². The van der Waals surface area contributed by atoms with Gasteiger partial charge >= 0.3 is 0 Å². The molecular formula is C22H33N3O3. The van der Waals surface area contributed by atoms with E-state index in [1.165, 1.54) is 12.8 Å². The van der Waals surface area contributed by atoms with Gasteiger partial charge in [-0.15, -0.1) is 0 Å². The standard InChI is InChI=1S/C22H33N3O3/c1-4-23(2)22(27)20(17-8-5-6-9-17)24-12-14-25(15-13-24)21(26)18-10-7-11-19(16-18)28-3/h7,10-11,16-17,20H,4-6,8-9,12-15H2,1-3H3/t20-/m0/s1. The van der Waals surface area contributed by atoms with Crippen molar-refractivity contribution in [3.8, 4) is 5.75 Å². The van der Waals surface area contributed by atoms with Crippen molar-refractivity contribution in [1.29, 1.82) is 0 Å². The molecule has 1 aromatic carbocycles. The first-order chi connectivity index (χ1) is 13.5. The Morgan fingerprint density at radius 2 is 1.86 bits per heavy atom. The number of carbonyl (C=O) groups is 2. The van der Waals surface area contributed by atoms with Crippen LogP contribution in [0.1, 0.15) is 43.0 Å². The van der Waals surface area contributed by atoms with Gasteiger partial charge in [0.05, 0.1) is 13.2 Å². The topological polar surface area (TPSA) is 53.1 Å². The Hall–Kier alpha value is -2.08. The molecule has 28 heavy (non-hydrogen) atoms. The summed E-state index contributed by atoms with van der Waals surface area (Å²) in [6.45, 7) is 5.57. The zero-order valence-corrected chi connectivity index (χ0v) is 17.4. The van der Waals surface area contributed by atoms with Gasteiger partial charge in [-0.25, -0.2) is 0 Å². The Kier molecular flexibility index (Phi) is 6.94. The smallest absolute Gasteiger partial charge is 0.254 e. The highest BCUT2D eigenvalue weighted by atomic mass is 16.5. The maximum absolute atomic E-state index is 13.1. The van der Waals surface area contributed by atoms with Crippen molar-refractivity contribution in [3.63, 3.8) is 0 Å². The van der Waals surface area contributed by atoms with Gasteiger partial charge in [0.25, 0.3) is 5.91 Å². The molecule has 0 N–H and O–H groups in total. The summed E-state index contributed by atoms with van der Waals surface area (Å²) in [5, 5.41) is 0. The minimum Gasteiger partial charge on any atom is -0.497 e. The Morgan fingerprint density at radius 3 is 2.46 bits per heavy atom. The van der Waals surface area contributed by atoms with E-state index in [2.05, 4.69) is 4.90 Å². The summed E-state index contributed by atoms with van der Waals surface area (Å²) >= 11 is 0. The van der Waals surface area contributed by atoms with Gasteiger partial charge in [0, 0.05) is 45.3 Å². The second-order valence-corrected chi connectivity index (χ2v) is 7.90. The lowest BCUT2D eigenvalue weighted by Crippen LogP contribution is -2.58. The van der Waals surface area contributed by atoms with E-state index in [-0.39, 0.29) is 17.9 Å². The number of likely N-dealkylation sites (N-methyl/N-ethyl adjacent to an activating group) is 1. The van der Waals surface area contributed by atoms with Crippen LogP contribution in [-0.4, -0.2) is 79.4 Å². The fourth-order valence-corrected chi connectivity index (χ4v) is 4.45. The summed E-state index contributed by atoms with van der Waals surface area (Å²) in [6, 6.07) is 7.27. The second kappa shape index (κ2) is 9.41. The van der Waals surface area contributed by atoms with E-state index in [0.29, 0.717) is 30.3 Å². The van der Waals surface area contributed by atoms with Gasteiger partial charge in [-0.05, 0) is 43.9 Å². The first-order valence-electron chi connectivity index (χ1n) is 10.5. The van der Waals surface area contributed by atoms with Crippen LogP contribution in [0.5, 0.6) is 5.75 Å². The second-order valence-electron chi connectivity index (χ2n) is 7.90. The minimum atomic E-state index is -0.0403. The number of piperazine rings is 1. The van der Waals surface area contributed by atoms with Crippen LogP contribution in [-0.2, 0) is 4.79 Å². The van der Waals surface area contributed by atoms with Gasteiger partial charge in [0.15, 0.2) is 0 Å². The lowest BCUT2D eigenvalue weighted by Gasteiger charge is -2.42. The molecule has 3 rings (SSSR count). The molecule has 2 fully saturated rings. The van der Waals surface area contributed by atoms with E-state index >= 15 is 0 Å². The van der Waals surface area contributed by atoms with Gasteiger partial charge in [-0.3, -0.25) is 14.5 Å². The molecule has 0 bridgehead atoms. The van der Waals surface area contributed by atoms with E-state index < -0.39 is 0 Å². The first kappa shape index (κ1) is 20.6. The lowest BCUT2D eigenvalue weighted by molar-refractivity contribution is -0.138. The lowest BCUT2D eigenvalue weighted by atomic mass is 9.94. The molecule has 1 aliphatic carbocycles. The number of benzene rings is 1. The van der Waals surface area contributed by atoms with Crippen LogP contribution in [0.4, 0.5) is 0 Å². The summed E-state index contributed by atoms with van der Waals surface area (Å²) in [5.41, 5.74) is 0.655. The molecule has 0 aromatic heterocycles. The number of hydrogen-bond acceptors (Lipinski definition) is 4. The predicted octanol–water partition coefficient (Wildman–Crippen LogP) is 2.49. The molecule has 6 nitrogen and oxygen atoms in total. The zero-order chi connectivity index (χ0) is 20.1. The van der Waals surface area contributed by atoms with Gasteiger partial charge in [-0.2, -0.15) is 0 Å². The molecule has 1 saturated heterocycles. The summed E-state index contributed by atoms with van der Waals surface area (Å²) < 4.78 is 5.24. The Bertz CT molecular complexity index is 679. The molecule has 6 heteroatoms. The number of rotatable bonds is 6. The maximum atomic E-state index is 13.1. The van der Waals surface area contributed by atoms with E-state index in [1.807, 2.05) is 42.0 Å². The van der Waals surface area contributed by atoms with E-state index in [0.717, 1.165) is 32.5 Å². The number of nitrogens with zero attached hydrogens (tertiary/aromatic N) is 3. The van der Waals surface area contributed by atoms with Crippen molar-refractivity contribution in [1.82, 2.24) is 14.7 Å². The largest absolute Gasteiger partial charge is 0.497 e. The maximum Gasteiger partial charge on any atom is 0.254 e. The third-order valence-corrected chi connectivity index (χ3v) is 6.26. The average Bonchev–Trinajstić information content (AvgIpc) is 3.27. The molecule has 1 aromatic rings. The van der Waals surface area contributed by atoms with Gasteiger partial charge in [0.1, 0.15) is 5.75 Å². The van der Waals surface area contributed by atoms with Gasteiger partial charge < -0.3 is 14.5 Å². The van der Waals surface area contributed by atoms with Crippen LogP contribution >= 0.6 is 0 Å². The van der Waals surface area contributed by atoms with Crippen molar-refractivity contribution in [2.45, 2.75) is 38.6 Å². The van der Waals surface area contributed by atoms with E-state index in [9.17, 15) is 9.59 Å². The number of amides is 2. The third-order valence-electron chi connectivity index (χ3n) is 6.26. The molecule has 0 radical (unpaired) electrons. The van der Waals surface area contributed by atoms with Crippen molar-refractivity contribution in [2.24, 2.45) is 5.92 Å².